The van der Waals surface area contributed by atoms with E-state index in [1.165, 1.54) is 0 Å². The minimum absolute atomic E-state index is 0.0574. The molecule has 3 amide bonds. The smallest absolute Gasteiger partial charge is 0.325 e. The third-order valence-electron chi connectivity index (χ3n) is 6.11. The molecule has 0 aliphatic heterocycles. The first kappa shape index (κ1) is 38.8. The second-order valence-corrected chi connectivity index (χ2v) is 11.3. The van der Waals surface area contributed by atoms with Gasteiger partial charge in [-0.05, 0) is 19.8 Å². The van der Waals surface area contributed by atoms with Gasteiger partial charge < -0.3 is 46.2 Å². The highest BCUT2D eigenvalue weighted by molar-refractivity contribution is 7.84. The summed E-state index contributed by atoms with van der Waals surface area (Å²) < 4.78 is 16.8. The molecule has 1 unspecified atom stereocenters. The summed E-state index contributed by atoms with van der Waals surface area (Å²) in [5.74, 6) is -1.56. The van der Waals surface area contributed by atoms with Crippen molar-refractivity contribution in [2.24, 2.45) is 0 Å². The number of hydrogen-bond acceptors (Lipinski definition) is 11. The Morgan fingerprint density at radius 2 is 1.29 bits per heavy atom. The molecule has 8 N–H and O–H groups in total. The number of rotatable bonds is 25. The lowest BCUT2D eigenvalue weighted by atomic mass is 10.0. The SMILES string of the molecule is CCOC(=O)CNC(=O)CNC(=O)CCS(=O)CCCCCCCCCCCNC(=O)[C@@H](O)[C@@H](O)[C@@H](O)[C@@H](O)CO. The third-order valence-corrected chi connectivity index (χ3v) is 7.51. The Morgan fingerprint density at radius 3 is 1.88 bits per heavy atom. The maximum absolute atomic E-state index is 12.1. The molecule has 0 aromatic rings. The van der Waals surface area contributed by atoms with E-state index in [9.17, 15) is 43.8 Å². The van der Waals surface area contributed by atoms with Crippen LogP contribution in [-0.2, 0) is 34.7 Å². The molecule has 0 heterocycles. The molecular weight excluding hydrogens is 562 g/mol. The largest absolute Gasteiger partial charge is 0.465 e. The lowest BCUT2D eigenvalue weighted by molar-refractivity contribution is -0.149. The van der Waals surface area contributed by atoms with Crippen LogP contribution in [0.15, 0.2) is 0 Å². The van der Waals surface area contributed by atoms with Gasteiger partial charge in [-0.2, -0.15) is 0 Å². The number of unbranched alkanes of at least 4 members (excludes halogenated alkanes) is 8. The lowest BCUT2D eigenvalue weighted by Crippen LogP contribution is -2.51. The highest BCUT2D eigenvalue weighted by Crippen LogP contribution is 2.10. The van der Waals surface area contributed by atoms with Crippen molar-refractivity contribution in [1.82, 2.24) is 16.0 Å². The zero-order chi connectivity index (χ0) is 31.0. The van der Waals surface area contributed by atoms with E-state index in [4.69, 9.17) is 5.11 Å². The molecular formula is C26H49N3O11S. The predicted molar refractivity (Wildman–Crippen MR) is 151 cm³/mol. The van der Waals surface area contributed by atoms with Gasteiger partial charge >= 0.3 is 5.97 Å². The number of ether oxygens (including phenoxy) is 1. The van der Waals surface area contributed by atoms with Crippen molar-refractivity contribution >= 4 is 34.5 Å². The van der Waals surface area contributed by atoms with Crippen LogP contribution < -0.4 is 16.0 Å². The second kappa shape index (κ2) is 24.4. The van der Waals surface area contributed by atoms with Crippen LogP contribution in [0.2, 0.25) is 0 Å². The van der Waals surface area contributed by atoms with Crippen LogP contribution >= 0.6 is 0 Å². The Balaban J connectivity index is 3.65. The minimum atomic E-state index is -1.92. The zero-order valence-corrected chi connectivity index (χ0v) is 24.7. The van der Waals surface area contributed by atoms with Gasteiger partial charge in [-0.1, -0.05) is 44.9 Å². The van der Waals surface area contributed by atoms with Crippen molar-refractivity contribution in [3.05, 3.63) is 0 Å². The molecule has 15 heteroatoms. The maximum atomic E-state index is 12.1. The number of esters is 1. The fourth-order valence-corrected chi connectivity index (χ4v) is 4.78. The lowest BCUT2D eigenvalue weighted by Gasteiger charge is -2.24. The van der Waals surface area contributed by atoms with E-state index in [0.717, 1.165) is 51.4 Å². The van der Waals surface area contributed by atoms with Gasteiger partial charge in [0.05, 0.1) is 19.8 Å². The fraction of sp³-hybridized carbons (Fsp3) is 0.846. The normalized spacial score (nSPS) is 14.8. The Morgan fingerprint density at radius 1 is 0.732 bits per heavy atom. The third kappa shape index (κ3) is 20.4. The summed E-state index contributed by atoms with van der Waals surface area (Å²) in [6, 6.07) is 0. The van der Waals surface area contributed by atoms with Crippen LogP contribution in [0.25, 0.3) is 0 Å². The van der Waals surface area contributed by atoms with E-state index < -0.39 is 59.6 Å². The maximum Gasteiger partial charge on any atom is 0.325 e. The number of aliphatic hydroxyl groups excluding tert-OH is 5. The quantitative estimate of drug-likeness (QED) is 0.0415. The monoisotopic (exact) mass is 611 g/mol. The average Bonchev–Trinajstić information content (AvgIpc) is 2.96. The fourth-order valence-electron chi connectivity index (χ4n) is 3.64. The van der Waals surface area contributed by atoms with E-state index >= 15 is 0 Å². The van der Waals surface area contributed by atoms with Gasteiger partial charge in [-0.15, -0.1) is 0 Å². The van der Waals surface area contributed by atoms with E-state index in [1.807, 2.05) is 0 Å². The number of carbonyl (C=O) groups excluding carboxylic acids is 4. The summed E-state index contributed by atoms with van der Waals surface area (Å²) in [6.07, 6.45) is 1.15. The standard InChI is InChI=1S/C26H49N3O11S/c1-2-40-22(34)17-29-21(33)16-28-20(32)12-15-41(39)14-11-9-7-5-3-4-6-8-10-13-27-26(38)25(37)24(36)23(35)19(31)18-30/h19,23-25,30-31,35-37H,2-18H2,1H3,(H,27,38)(H,28,32)(H,29,33)/t19-,23-,24-,25-,41?/m0/s1. The molecule has 0 rings (SSSR count). The first-order chi connectivity index (χ1) is 19.5. The van der Waals surface area contributed by atoms with Crippen LogP contribution in [-0.4, -0.2) is 122 Å². The van der Waals surface area contributed by atoms with Gasteiger partial charge in [0.15, 0.2) is 6.10 Å². The van der Waals surface area contributed by atoms with Crippen LogP contribution in [0, 0.1) is 0 Å². The summed E-state index contributed by atoms with van der Waals surface area (Å²) in [7, 11) is -1.11. The average molecular weight is 612 g/mol. The van der Waals surface area contributed by atoms with Crippen molar-refractivity contribution in [2.75, 3.05) is 44.4 Å². The number of hydrogen-bond donors (Lipinski definition) is 8. The predicted octanol–water partition coefficient (Wildman–Crippen LogP) is -2.02. The van der Waals surface area contributed by atoms with Crippen LogP contribution in [0.1, 0.15) is 71.1 Å². The minimum Gasteiger partial charge on any atom is -0.465 e. The first-order valence-electron chi connectivity index (χ1n) is 14.2. The summed E-state index contributed by atoms with van der Waals surface area (Å²) in [5.41, 5.74) is 0. The highest BCUT2D eigenvalue weighted by Gasteiger charge is 2.33. The highest BCUT2D eigenvalue weighted by atomic mass is 32.2. The summed E-state index contributed by atoms with van der Waals surface area (Å²) in [5, 5.41) is 54.3. The molecule has 0 bridgehead atoms. The molecule has 0 aliphatic rings. The van der Waals surface area contributed by atoms with Crippen molar-refractivity contribution < 1.29 is 53.7 Å². The van der Waals surface area contributed by atoms with Gasteiger partial charge in [0.2, 0.25) is 11.8 Å². The number of nitrogens with one attached hydrogen (secondary N) is 3. The summed E-state index contributed by atoms with van der Waals surface area (Å²) in [4.78, 5) is 46.4. The zero-order valence-electron chi connectivity index (χ0n) is 23.9. The second-order valence-electron chi connectivity index (χ2n) is 9.61. The Labute approximate surface area is 244 Å². The van der Waals surface area contributed by atoms with E-state index in [2.05, 4.69) is 20.7 Å². The molecule has 0 saturated heterocycles. The molecule has 5 atom stereocenters. The van der Waals surface area contributed by atoms with Crippen molar-refractivity contribution in [3.63, 3.8) is 0 Å². The van der Waals surface area contributed by atoms with Crippen molar-refractivity contribution in [3.8, 4) is 0 Å². The van der Waals surface area contributed by atoms with Gasteiger partial charge in [-0.3, -0.25) is 23.4 Å². The van der Waals surface area contributed by atoms with Gasteiger partial charge in [0, 0.05) is 35.3 Å². The van der Waals surface area contributed by atoms with Crippen LogP contribution in [0.3, 0.4) is 0 Å². The number of amides is 3. The van der Waals surface area contributed by atoms with E-state index in [0.29, 0.717) is 18.7 Å². The van der Waals surface area contributed by atoms with Crippen molar-refractivity contribution in [1.29, 1.82) is 0 Å². The number of aliphatic hydroxyl groups is 5. The molecule has 0 saturated carbocycles. The number of carbonyl (C=O) groups is 4. The van der Waals surface area contributed by atoms with Gasteiger partial charge in [-0.25, -0.2) is 0 Å². The first-order valence-corrected chi connectivity index (χ1v) is 15.7. The Kier molecular flexibility index (Phi) is 23.1. The Hall–Kier alpha value is -2.17. The van der Waals surface area contributed by atoms with E-state index in [1.54, 1.807) is 6.92 Å². The molecule has 0 radical (unpaired) electrons. The van der Waals surface area contributed by atoms with Crippen LogP contribution in [0.5, 0.6) is 0 Å². The molecule has 14 nitrogen and oxygen atoms in total. The molecule has 240 valence electrons. The Bertz CT molecular complexity index is 788. The summed E-state index contributed by atoms with van der Waals surface area (Å²) >= 11 is 0. The van der Waals surface area contributed by atoms with Crippen LogP contribution in [0.4, 0.5) is 0 Å². The molecule has 0 spiro atoms. The molecule has 0 aromatic heterocycles. The summed E-state index contributed by atoms with van der Waals surface area (Å²) in [6.45, 7) is 0.830. The van der Waals surface area contributed by atoms with Gasteiger partial charge in [0.25, 0.3) is 5.91 Å². The molecule has 0 aromatic carbocycles. The molecule has 0 fully saturated rings. The molecule has 41 heavy (non-hydrogen) atoms. The molecule has 0 aliphatic carbocycles. The van der Waals surface area contributed by atoms with Gasteiger partial charge in [0.1, 0.15) is 24.9 Å². The topological polar surface area (TPSA) is 232 Å². The van der Waals surface area contributed by atoms with E-state index in [-0.39, 0.29) is 37.8 Å². The van der Waals surface area contributed by atoms with Crippen molar-refractivity contribution in [2.45, 2.75) is 95.5 Å².